The maximum atomic E-state index is 12.6. The minimum Gasteiger partial charge on any atom is -0.497 e. The fourth-order valence-electron chi connectivity index (χ4n) is 4.06. The molecular formula is C24H22N6O2. The second-order valence-electron chi connectivity index (χ2n) is 7.85. The number of methoxy groups -OCH3 is 1. The van der Waals surface area contributed by atoms with E-state index in [1.165, 1.54) is 5.56 Å². The van der Waals surface area contributed by atoms with Gasteiger partial charge < -0.3 is 10.1 Å². The Balaban J connectivity index is 1.58. The number of aryl methyl sites for hydroxylation is 2. The first-order valence-corrected chi connectivity index (χ1v) is 10.3. The highest BCUT2D eigenvalue weighted by atomic mass is 16.5. The van der Waals surface area contributed by atoms with Crippen LogP contribution < -0.4 is 10.1 Å². The van der Waals surface area contributed by atoms with Gasteiger partial charge in [0.05, 0.1) is 24.7 Å². The third kappa shape index (κ3) is 3.49. The Bertz CT molecular complexity index is 1300. The molecule has 0 aliphatic carbocycles. The third-order valence-electron chi connectivity index (χ3n) is 5.71. The first kappa shape index (κ1) is 19.9. The van der Waals surface area contributed by atoms with Gasteiger partial charge in [-0.15, -0.1) is 5.10 Å². The number of nitrogens with zero attached hydrogens (tertiary/aromatic N) is 5. The lowest BCUT2D eigenvalue weighted by molar-refractivity contribution is -0.116. The fourth-order valence-corrected chi connectivity index (χ4v) is 4.06. The summed E-state index contributed by atoms with van der Waals surface area (Å²) in [4.78, 5) is 17.3. The second-order valence-corrected chi connectivity index (χ2v) is 7.85. The van der Waals surface area contributed by atoms with Crippen LogP contribution in [0.3, 0.4) is 0 Å². The normalized spacial score (nSPS) is 15.2. The van der Waals surface area contributed by atoms with Gasteiger partial charge in [-0.05, 0) is 43.7 Å². The van der Waals surface area contributed by atoms with Gasteiger partial charge in [0.15, 0.2) is 0 Å². The van der Waals surface area contributed by atoms with Crippen molar-refractivity contribution >= 4 is 11.7 Å². The Hall–Kier alpha value is -4.07. The average Bonchev–Trinajstić information content (AvgIpc) is 3.15. The van der Waals surface area contributed by atoms with E-state index in [-0.39, 0.29) is 11.8 Å². The van der Waals surface area contributed by atoms with Crippen LogP contribution in [0.5, 0.6) is 5.75 Å². The molecule has 0 saturated heterocycles. The highest BCUT2D eigenvalue weighted by Crippen LogP contribution is 2.40. The van der Waals surface area contributed by atoms with Gasteiger partial charge in [-0.25, -0.2) is 4.98 Å². The number of rotatable bonds is 4. The van der Waals surface area contributed by atoms with Crippen molar-refractivity contribution in [2.75, 3.05) is 12.4 Å². The van der Waals surface area contributed by atoms with Gasteiger partial charge in [-0.1, -0.05) is 29.8 Å². The predicted molar refractivity (Wildman–Crippen MR) is 120 cm³/mol. The highest BCUT2D eigenvalue weighted by Gasteiger charge is 2.33. The number of benzene rings is 2. The van der Waals surface area contributed by atoms with E-state index in [0.29, 0.717) is 23.9 Å². The summed E-state index contributed by atoms with van der Waals surface area (Å²) in [6, 6.07) is 15.8. The lowest BCUT2D eigenvalue weighted by atomic mass is 9.85. The van der Waals surface area contributed by atoms with Crippen molar-refractivity contribution in [1.82, 2.24) is 25.0 Å². The van der Waals surface area contributed by atoms with Crippen LogP contribution >= 0.6 is 0 Å². The molecule has 3 heterocycles. The lowest BCUT2D eigenvalue weighted by Gasteiger charge is -2.24. The molecule has 5 rings (SSSR count). The van der Waals surface area contributed by atoms with Gasteiger partial charge >= 0.3 is 0 Å². The molecule has 4 aromatic rings. The maximum Gasteiger partial charge on any atom is 0.272 e. The molecule has 0 radical (unpaired) electrons. The standard InChI is InChI=1S/C24H22N6O2/c1-14-4-6-16(7-5-14)19-12-21(31)27-23-22(19)15(2)29-30(23)24-26-20(13-25-28-24)17-8-10-18(32-3)11-9-17/h4-11,13,19H,12H2,1-3H3,(H,27,31). The Morgan fingerprint density at radius 3 is 2.53 bits per heavy atom. The molecule has 1 atom stereocenters. The quantitative estimate of drug-likeness (QED) is 0.533. The number of nitrogens with one attached hydrogen (secondary N) is 1. The number of carbonyl (C=O) groups excluding carboxylic acids is 1. The minimum absolute atomic E-state index is 0.0662. The summed E-state index contributed by atoms with van der Waals surface area (Å²) < 4.78 is 6.80. The van der Waals surface area contributed by atoms with Crippen LogP contribution in [0.15, 0.2) is 54.7 Å². The summed E-state index contributed by atoms with van der Waals surface area (Å²) in [5.74, 6) is 1.51. The van der Waals surface area contributed by atoms with Crippen LogP contribution in [0, 0.1) is 13.8 Å². The van der Waals surface area contributed by atoms with Crippen LogP contribution in [0.4, 0.5) is 5.82 Å². The zero-order valence-corrected chi connectivity index (χ0v) is 18.0. The Morgan fingerprint density at radius 2 is 1.81 bits per heavy atom. The maximum absolute atomic E-state index is 12.6. The second kappa shape index (κ2) is 7.88. The smallest absolute Gasteiger partial charge is 0.272 e. The van der Waals surface area contributed by atoms with E-state index in [0.717, 1.165) is 28.1 Å². The number of carbonyl (C=O) groups is 1. The van der Waals surface area contributed by atoms with E-state index in [1.807, 2.05) is 38.1 Å². The molecule has 0 saturated carbocycles. The molecule has 32 heavy (non-hydrogen) atoms. The van der Waals surface area contributed by atoms with E-state index < -0.39 is 0 Å². The fraction of sp³-hybridized carbons (Fsp3) is 0.208. The number of hydrogen-bond acceptors (Lipinski definition) is 6. The van der Waals surface area contributed by atoms with Gasteiger partial charge in [0, 0.05) is 23.5 Å². The Kier molecular flexibility index (Phi) is 4.89. The third-order valence-corrected chi connectivity index (χ3v) is 5.71. The SMILES string of the molecule is COc1ccc(-c2cnnc(-n3nc(C)c4c3NC(=O)CC4c3ccc(C)cc3)n2)cc1. The number of anilines is 1. The van der Waals surface area contributed by atoms with E-state index in [4.69, 9.17) is 4.74 Å². The summed E-state index contributed by atoms with van der Waals surface area (Å²) >= 11 is 0. The summed E-state index contributed by atoms with van der Waals surface area (Å²) in [5, 5.41) is 16.0. The number of hydrogen-bond donors (Lipinski definition) is 1. The molecule has 8 nitrogen and oxygen atoms in total. The predicted octanol–water partition coefficient (Wildman–Crippen LogP) is 3.82. The van der Waals surface area contributed by atoms with E-state index >= 15 is 0 Å². The van der Waals surface area contributed by atoms with Crippen molar-refractivity contribution in [3.8, 4) is 23.0 Å². The van der Waals surface area contributed by atoms with Gasteiger partial charge in [0.1, 0.15) is 11.6 Å². The van der Waals surface area contributed by atoms with Crippen molar-refractivity contribution < 1.29 is 9.53 Å². The first-order valence-electron chi connectivity index (χ1n) is 10.3. The number of ether oxygens (including phenoxy) is 1. The summed E-state index contributed by atoms with van der Waals surface area (Å²) in [6.07, 6.45) is 1.97. The average molecular weight is 426 g/mol. The van der Waals surface area contributed by atoms with Crippen LogP contribution in [-0.4, -0.2) is 38.0 Å². The molecule has 0 bridgehead atoms. The van der Waals surface area contributed by atoms with E-state index in [1.54, 1.807) is 18.0 Å². The zero-order valence-electron chi connectivity index (χ0n) is 18.0. The molecule has 2 aromatic carbocycles. The number of aromatic nitrogens is 5. The van der Waals surface area contributed by atoms with Crippen molar-refractivity contribution in [3.05, 3.63) is 77.1 Å². The Labute approximate surface area is 185 Å². The molecule has 0 spiro atoms. The van der Waals surface area contributed by atoms with Gasteiger partial charge in [-0.2, -0.15) is 14.9 Å². The van der Waals surface area contributed by atoms with Crippen molar-refractivity contribution in [1.29, 1.82) is 0 Å². The first-order chi connectivity index (χ1) is 15.5. The van der Waals surface area contributed by atoms with Crippen LogP contribution in [0.25, 0.3) is 17.2 Å². The van der Waals surface area contributed by atoms with Crippen LogP contribution in [0.2, 0.25) is 0 Å². The molecule has 1 amide bonds. The van der Waals surface area contributed by atoms with Gasteiger partial charge in [0.2, 0.25) is 5.91 Å². The molecule has 1 aliphatic heterocycles. The van der Waals surface area contributed by atoms with Crippen molar-refractivity contribution in [3.63, 3.8) is 0 Å². The molecule has 1 aliphatic rings. The highest BCUT2D eigenvalue weighted by molar-refractivity contribution is 5.95. The summed E-state index contributed by atoms with van der Waals surface area (Å²) in [5.41, 5.74) is 5.59. The molecule has 8 heteroatoms. The minimum atomic E-state index is -0.0779. The van der Waals surface area contributed by atoms with E-state index in [2.05, 4.69) is 49.9 Å². The van der Waals surface area contributed by atoms with Gasteiger partial charge in [-0.3, -0.25) is 4.79 Å². The van der Waals surface area contributed by atoms with Crippen molar-refractivity contribution in [2.24, 2.45) is 0 Å². The molecule has 1 unspecified atom stereocenters. The van der Waals surface area contributed by atoms with Gasteiger partial charge in [0.25, 0.3) is 5.95 Å². The molecule has 1 N–H and O–H groups in total. The van der Waals surface area contributed by atoms with E-state index in [9.17, 15) is 4.79 Å². The molecule has 2 aromatic heterocycles. The molecule has 160 valence electrons. The topological polar surface area (TPSA) is 94.8 Å². The van der Waals surface area contributed by atoms with Crippen molar-refractivity contribution in [2.45, 2.75) is 26.2 Å². The van der Waals surface area contributed by atoms with Crippen LogP contribution in [-0.2, 0) is 4.79 Å². The largest absolute Gasteiger partial charge is 0.497 e. The van der Waals surface area contributed by atoms with Crippen LogP contribution in [0.1, 0.15) is 34.7 Å². The summed E-state index contributed by atoms with van der Waals surface area (Å²) in [6.45, 7) is 3.99. The zero-order chi connectivity index (χ0) is 22.2. The number of fused-ring (bicyclic) bond motifs is 1. The summed E-state index contributed by atoms with van der Waals surface area (Å²) in [7, 11) is 1.63. The monoisotopic (exact) mass is 426 g/mol. The number of amides is 1. The Morgan fingerprint density at radius 1 is 1.06 bits per heavy atom. The molecular weight excluding hydrogens is 404 g/mol. The molecule has 0 fully saturated rings. The lowest BCUT2D eigenvalue weighted by Crippen LogP contribution is -2.25.